The minimum Gasteiger partial charge on any atom is -0.398 e. The summed E-state index contributed by atoms with van der Waals surface area (Å²) in [6.07, 6.45) is 0.801. The summed E-state index contributed by atoms with van der Waals surface area (Å²) in [7, 11) is 1.68. The lowest BCUT2D eigenvalue weighted by Crippen LogP contribution is -2.46. The Balaban J connectivity index is 2.62. The van der Waals surface area contributed by atoms with Gasteiger partial charge < -0.3 is 15.5 Å². The van der Waals surface area contributed by atoms with E-state index in [1.807, 2.05) is 6.92 Å². The second-order valence-corrected chi connectivity index (χ2v) is 4.81. The van der Waals surface area contributed by atoms with Gasteiger partial charge in [-0.15, -0.1) is 0 Å². The summed E-state index contributed by atoms with van der Waals surface area (Å²) in [6.45, 7) is 4.29. The maximum Gasteiger partial charge on any atom is 0.258 e. The first-order chi connectivity index (χ1) is 8.99. The van der Waals surface area contributed by atoms with Crippen molar-refractivity contribution >= 4 is 23.2 Å². The topological polar surface area (TPSA) is 66.6 Å². The van der Waals surface area contributed by atoms with Gasteiger partial charge in [-0.1, -0.05) is 13.0 Å². The Morgan fingerprint density at radius 1 is 1.32 bits per heavy atom. The molecule has 19 heavy (non-hydrogen) atoms. The van der Waals surface area contributed by atoms with Crippen LogP contribution in [-0.4, -0.2) is 36.3 Å². The van der Waals surface area contributed by atoms with Crippen molar-refractivity contribution in [3.63, 3.8) is 0 Å². The molecule has 1 aromatic carbocycles. The van der Waals surface area contributed by atoms with Crippen molar-refractivity contribution in [3.8, 4) is 0 Å². The lowest BCUT2D eigenvalue weighted by atomic mass is 10.1. The van der Waals surface area contributed by atoms with Crippen molar-refractivity contribution in [1.29, 1.82) is 0 Å². The first-order valence-corrected chi connectivity index (χ1v) is 6.46. The number of amides is 2. The smallest absolute Gasteiger partial charge is 0.258 e. The first-order valence-electron chi connectivity index (χ1n) is 6.46. The number of nitrogens with zero attached hydrogens (tertiary/aromatic N) is 2. The van der Waals surface area contributed by atoms with Crippen LogP contribution in [0.2, 0.25) is 0 Å². The van der Waals surface area contributed by atoms with Crippen molar-refractivity contribution in [2.45, 2.75) is 26.3 Å². The number of nitrogens with two attached hydrogens (primary N) is 1. The summed E-state index contributed by atoms with van der Waals surface area (Å²) in [5.41, 5.74) is 7.35. The molecule has 1 atom stereocenters. The fourth-order valence-electron chi connectivity index (χ4n) is 2.46. The van der Waals surface area contributed by atoms with Crippen molar-refractivity contribution in [2.75, 3.05) is 24.2 Å². The average Bonchev–Trinajstić information content (AvgIpc) is 2.46. The molecule has 5 heteroatoms. The minimum atomic E-state index is -0.468. The number of carbonyl (C=O) groups excluding carboxylic acids is 2. The third kappa shape index (κ3) is 2.05. The largest absolute Gasteiger partial charge is 0.398 e. The number of likely N-dealkylation sites (N-methyl/N-ethyl adjacent to an activating group) is 1. The Morgan fingerprint density at radius 3 is 2.63 bits per heavy atom. The van der Waals surface area contributed by atoms with Gasteiger partial charge in [0.2, 0.25) is 5.91 Å². The number of carbonyl (C=O) groups is 2. The average molecular weight is 261 g/mol. The summed E-state index contributed by atoms with van der Waals surface area (Å²) in [4.78, 5) is 28.1. The van der Waals surface area contributed by atoms with Crippen LogP contribution in [0.1, 0.15) is 30.6 Å². The molecule has 0 spiro atoms. The van der Waals surface area contributed by atoms with Crippen molar-refractivity contribution in [1.82, 2.24) is 4.90 Å². The van der Waals surface area contributed by atoms with E-state index in [0.29, 0.717) is 23.5 Å². The Labute approximate surface area is 113 Å². The van der Waals surface area contributed by atoms with Gasteiger partial charge in [0, 0.05) is 19.3 Å². The van der Waals surface area contributed by atoms with Gasteiger partial charge in [-0.2, -0.15) is 0 Å². The molecule has 102 valence electrons. The van der Waals surface area contributed by atoms with E-state index in [4.69, 9.17) is 5.73 Å². The molecule has 0 saturated carbocycles. The van der Waals surface area contributed by atoms with Crippen molar-refractivity contribution in [2.24, 2.45) is 0 Å². The van der Waals surface area contributed by atoms with Crippen LogP contribution in [-0.2, 0) is 4.79 Å². The van der Waals surface area contributed by atoms with Gasteiger partial charge in [0.15, 0.2) is 0 Å². The van der Waals surface area contributed by atoms with Gasteiger partial charge in [-0.05, 0) is 25.5 Å². The molecular weight excluding hydrogens is 242 g/mol. The normalized spacial score (nSPS) is 19.4. The van der Waals surface area contributed by atoms with E-state index in [9.17, 15) is 9.59 Å². The second kappa shape index (κ2) is 4.91. The molecule has 2 rings (SSSR count). The molecule has 1 aliphatic heterocycles. The van der Waals surface area contributed by atoms with Crippen LogP contribution in [0.25, 0.3) is 0 Å². The minimum absolute atomic E-state index is 0.0915. The van der Waals surface area contributed by atoms with Crippen LogP contribution in [0.15, 0.2) is 18.2 Å². The number of rotatable bonds is 2. The van der Waals surface area contributed by atoms with Crippen molar-refractivity contribution < 1.29 is 9.59 Å². The fourth-order valence-corrected chi connectivity index (χ4v) is 2.46. The molecule has 0 aromatic heterocycles. The number of hydrogen-bond acceptors (Lipinski definition) is 3. The Morgan fingerprint density at radius 2 is 2.00 bits per heavy atom. The molecule has 0 radical (unpaired) electrons. The Kier molecular flexibility index (Phi) is 3.46. The van der Waals surface area contributed by atoms with E-state index >= 15 is 0 Å². The van der Waals surface area contributed by atoms with Crippen LogP contribution >= 0.6 is 0 Å². The molecule has 0 bridgehead atoms. The maximum atomic E-state index is 12.6. The summed E-state index contributed by atoms with van der Waals surface area (Å²) >= 11 is 0. The zero-order valence-corrected chi connectivity index (χ0v) is 11.5. The molecule has 1 aromatic rings. The Hall–Kier alpha value is -2.04. The summed E-state index contributed by atoms with van der Waals surface area (Å²) in [5.74, 6) is -0.258. The lowest BCUT2D eigenvalue weighted by Gasteiger charge is -2.26. The van der Waals surface area contributed by atoms with Crippen LogP contribution in [0.5, 0.6) is 0 Å². The predicted molar refractivity (Wildman–Crippen MR) is 75.1 cm³/mol. The molecule has 1 aliphatic rings. The van der Waals surface area contributed by atoms with Gasteiger partial charge in [-0.25, -0.2) is 0 Å². The zero-order chi connectivity index (χ0) is 14.2. The van der Waals surface area contributed by atoms with Crippen LogP contribution in [0.3, 0.4) is 0 Å². The predicted octanol–water partition coefficient (Wildman–Crippen LogP) is 1.49. The van der Waals surface area contributed by atoms with Gasteiger partial charge in [0.05, 0.1) is 11.3 Å². The first kappa shape index (κ1) is 13.4. The second-order valence-electron chi connectivity index (χ2n) is 4.81. The highest BCUT2D eigenvalue weighted by Crippen LogP contribution is 2.30. The molecule has 1 heterocycles. The molecule has 2 amide bonds. The van der Waals surface area contributed by atoms with Gasteiger partial charge >= 0.3 is 0 Å². The van der Waals surface area contributed by atoms with E-state index in [1.54, 1.807) is 37.1 Å². The highest BCUT2D eigenvalue weighted by Gasteiger charge is 2.35. The highest BCUT2D eigenvalue weighted by molar-refractivity contribution is 6.13. The van der Waals surface area contributed by atoms with Gasteiger partial charge in [0.25, 0.3) is 5.91 Å². The fraction of sp³-hybridized carbons (Fsp3) is 0.429. The summed E-state index contributed by atoms with van der Waals surface area (Å²) in [5, 5.41) is 0. The summed E-state index contributed by atoms with van der Waals surface area (Å²) < 4.78 is 0. The number of fused-ring (bicyclic) bond motifs is 1. The number of nitrogen functional groups attached to an aromatic ring is 1. The quantitative estimate of drug-likeness (QED) is 0.820. The molecular formula is C14H19N3O2. The summed E-state index contributed by atoms with van der Waals surface area (Å²) in [6, 6.07) is 4.73. The van der Waals surface area contributed by atoms with E-state index in [2.05, 4.69) is 0 Å². The van der Waals surface area contributed by atoms with Gasteiger partial charge in [0.1, 0.15) is 6.04 Å². The van der Waals surface area contributed by atoms with Crippen molar-refractivity contribution in [3.05, 3.63) is 23.8 Å². The standard InChI is InChI=1S/C14H19N3O2/c1-4-8-17-9(2)13(18)16(3)11-7-5-6-10(15)12(11)14(17)19/h5-7,9H,4,8,15H2,1-3H3. The number of benzene rings is 1. The zero-order valence-electron chi connectivity index (χ0n) is 11.5. The highest BCUT2D eigenvalue weighted by atomic mass is 16.2. The molecule has 0 saturated heterocycles. The third-order valence-corrected chi connectivity index (χ3v) is 3.53. The number of hydrogen-bond donors (Lipinski definition) is 1. The monoisotopic (exact) mass is 261 g/mol. The Bertz CT molecular complexity index is 527. The molecule has 2 N–H and O–H groups in total. The van der Waals surface area contributed by atoms with E-state index in [0.717, 1.165) is 6.42 Å². The molecule has 1 unspecified atom stereocenters. The molecule has 0 aliphatic carbocycles. The van der Waals surface area contributed by atoms with Crippen LogP contribution < -0.4 is 10.6 Å². The SMILES string of the molecule is CCCN1C(=O)c2c(N)cccc2N(C)C(=O)C1C. The van der Waals surface area contributed by atoms with E-state index < -0.39 is 6.04 Å². The van der Waals surface area contributed by atoms with Crippen LogP contribution in [0.4, 0.5) is 11.4 Å². The van der Waals surface area contributed by atoms with Crippen LogP contribution in [0, 0.1) is 0 Å². The third-order valence-electron chi connectivity index (χ3n) is 3.53. The van der Waals surface area contributed by atoms with E-state index in [-0.39, 0.29) is 11.8 Å². The number of anilines is 2. The van der Waals surface area contributed by atoms with Gasteiger partial charge in [-0.3, -0.25) is 9.59 Å². The maximum absolute atomic E-state index is 12.6. The molecule has 0 fully saturated rings. The van der Waals surface area contributed by atoms with E-state index in [1.165, 1.54) is 4.90 Å². The molecule has 5 nitrogen and oxygen atoms in total. The lowest BCUT2D eigenvalue weighted by molar-refractivity contribution is -0.122.